The number of hydrogen-bond acceptors (Lipinski definition) is 4. The summed E-state index contributed by atoms with van der Waals surface area (Å²) in [5.74, 6) is 1.73. The summed E-state index contributed by atoms with van der Waals surface area (Å²) in [7, 11) is 3.49. The molecule has 0 aliphatic carbocycles. The van der Waals surface area contributed by atoms with Gasteiger partial charge in [0.2, 0.25) is 0 Å². The highest BCUT2D eigenvalue weighted by atomic mass is 35.5. The number of nitrogens with one attached hydrogen (secondary N) is 1. The number of imidazole rings is 1. The van der Waals surface area contributed by atoms with Crippen LogP contribution in [0.25, 0.3) is 0 Å². The number of carbonyl (C=O) groups excluding carboxylic acids is 1. The summed E-state index contributed by atoms with van der Waals surface area (Å²) in [4.78, 5) is 16.9. The molecule has 1 aromatic heterocycles. The highest BCUT2D eigenvalue weighted by molar-refractivity contribution is 6.30. The molecular formula is C20H20ClN3O3. The maximum absolute atomic E-state index is 12.5. The number of aromatic nitrogens is 2. The third kappa shape index (κ3) is 4.80. The number of nitrogens with zero attached hydrogens (tertiary/aromatic N) is 2. The molecule has 0 saturated carbocycles. The zero-order valence-electron chi connectivity index (χ0n) is 15.1. The smallest absolute Gasteiger partial charge is 0.258 e. The highest BCUT2D eigenvalue weighted by Crippen LogP contribution is 2.23. The highest BCUT2D eigenvalue weighted by Gasteiger charge is 2.21. The molecule has 3 aromatic rings. The minimum atomic E-state index is -0.411. The quantitative estimate of drug-likeness (QED) is 0.677. The molecule has 3 rings (SSSR count). The molecule has 27 heavy (non-hydrogen) atoms. The van der Waals surface area contributed by atoms with Crippen molar-refractivity contribution >= 4 is 17.5 Å². The third-order valence-corrected chi connectivity index (χ3v) is 4.27. The Morgan fingerprint density at radius 1 is 1.22 bits per heavy atom. The maximum atomic E-state index is 12.5. The summed E-state index contributed by atoms with van der Waals surface area (Å²) < 4.78 is 12.6. The SMILES string of the molecule is COc1ccc(C(NC(=O)COc2cccc(Cl)c2)c2nccn2C)cc1. The van der Waals surface area contributed by atoms with Crippen molar-refractivity contribution in [3.8, 4) is 11.5 Å². The minimum absolute atomic E-state index is 0.128. The lowest BCUT2D eigenvalue weighted by molar-refractivity contribution is -0.123. The number of benzene rings is 2. The van der Waals surface area contributed by atoms with Gasteiger partial charge in [-0.05, 0) is 35.9 Å². The minimum Gasteiger partial charge on any atom is -0.497 e. The molecule has 0 saturated heterocycles. The van der Waals surface area contributed by atoms with E-state index in [0.29, 0.717) is 10.8 Å². The van der Waals surface area contributed by atoms with E-state index in [-0.39, 0.29) is 12.5 Å². The van der Waals surface area contributed by atoms with Crippen molar-refractivity contribution in [2.24, 2.45) is 7.05 Å². The van der Waals surface area contributed by atoms with E-state index in [1.165, 1.54) is 0 Å². The number of aryl methyl sites for hydroxylation is 1. The zero-order chi connectivity index (χ0) is 19.2. The fourth-order valence-corrected chi connectivity index (χ4v) is 2.84. The van der Waals surface area contributed by atoms with E-state index in [1.54, 1.807) is 37.6 Å². The molecule has 0 radical (unpaired) electrons. The fourth-order valence-electron chi connectivity index (χ4n) is 2.66. The van der Waals surface area contributed by atoms with E-state index in [2.05, 4.69) is 10.3 Å². The van der Waals surface area contributed by atoms with Gasteiger partial charge in [-0.2, -0.15) is 0 Å². The number of halogens is 1. The van der Waals surface area contributed by atoms with Gasteiger partial charge in [0.1, 0.15) is 23.4 Å². The van der Waals surface area contributed by atoms with Gasteiger partial charge >= 0.3 is 0 Å². The molecule has 7 heteroatoms. The van der Waals surface area contributed by atoms with Crippen molar-refractivity contribution in [3.05, 3.63) is 77.3 Å². The van der Waals surface area contributed by atoms with E-state index in [4.69, 9.17) is 21.1 Å². The average molecular weight is 386 g/mol. The zero-order valence-corrected chi connectivity index (χ0v) is 15.8. The lowest BCUT2D eigenvalue weighted by Crippen LogP contribution is -2.34. The van der Waals surface area contributed by atoms with E-state index in [1.807, 2.05) is 42.1 Å². The van der Waals surface area contributed by atoms with Crippen molar-refractivity contribution in [1.82, 2.24) is 14.9 Å². The van der Waals surface area contributed by atoms with Gasteiger partial charge in [0, 0.05) is 24.5 Å². The van der Waals surface area contributed by atoms with Crippen LogP contribution >= 0.6 is 11.6 Å². The van der Waals surface area contributed by atoms with Crippen LogP contribution in [0, 0.1) is 0 Å². The number of rotatable bonds is 7. The van der Waals surface area contributed by atoms with Crippen molar-refractivity contribution < 1.29 is 14.3 Å². The predicted octanol–water partition coefficient (Wildman–Crippen LogP) is 3.37. The number of ether oxygens (including phenoxy) is 2. The first-order valence-electron chi connectivity index (χ1n) is 8.35. The molecule has 1 atom stereocenters. The molecule has 6 nitrogen and oxygen atoms in total. The molecule has 1 unspecified atom stereocenters. The van der Waals surface area contributed by atoms with E-state index in [9.17, 15) is 4.79 Å². The van der Waals surface area contributed by atoms with Crippen LogP contribution in [-0.4, -0.2) is 29.2 Å². The molecule has 2 aromatic carbocycles. The Labute approximate surface area is 162 Å². The fraction of sp³-hybridized carbons (Fsp3) is 0.200. The molecule has 0 aliphatic heterocycles. The van der Waals surface area contributed by atoms with Crippen molar-refractivity contribution in [1.29, 1.82) is 0 Å². The summed E-state index contributed by atoms with van der Waals surface area (Å²) >= 11 is 5.93. The van der Waals surface area contributed by atoms with Gasteiger partial charge in [-0.15, -0.1) is 0 Å². The Morgan fingerprint density at radius 3 is 2.63 bits per heavy atom. The molecule has 1 amide bonds. The van der Waals surface area contributed by atoms with Crippen LogP contribution in [0.3, 0.4) is 0 Å². The maximum Gasteiger partial charge on any atom is 0.258 e. The Hall–Kier alpha value is -2.99. The Balaban J connectivity index is 1.74. The van der Waals surface area contributed by atoms with Crippen molar-refractivity contribution in [2.45, 2.75) is 6.04 Å². The van der Waals surface area contributed by atoms with Crippen LogP contribution < -0.4 is 14.8 Å². The van der Waals surface area contributed by atoms with Crippen LogP contribution in [0.2, 0.25) is 5.02 Å². The summed E-state index contributed by atoms with van der Waals surface area (Å²) in [5.41, 5.74) is 0.890. The Kier molecular flexibility index (Phi) is 5.98. The largest absolute Gasteiger partial charge is 0.497 e. The standard InChI is InChI=1S/C20H20ClN3O3/c1-24-11-10-22-20(24)19(14-6-8-16(26-2)9-7-14)23-18(25)13-27-17-5-3-4-15(21)12-17/h3-12,19H,13H2,1-2H3,(H,23,25). The summed E-state index contributed by atoms with van der Waals surface area (Å²) in [6, 6.07) is 14.0. The van der Waals surface area contributed by atoms with Crippen molar-refractivity contribution in [3.63, 3.8) is 0 Å². The Bertz CT molecular complexity index is 909. The van der Waals surface area contributed by atoms with Crippen LogP contribution in [-0.2, 0) is 11.8 Å². The second-order valence-electron chi connectivity index (χ2n) is 5.92. The summed E-state index contributed by atoms with van der Waals surface area (Å²) in [6.07, 6.45) is 3.53. The van der Waals surface area contributed by atoms with E-state index < -0.39 is 6.04 Å². The van der Waals surface area contributed by atoms with Gasteiger partial charge in [-0.25, -0.2) is 4.98 Å². The van der Waals surface area contributed by atoms with Gasteiger partial charge < -0.3 is 19.4 Å². The first-order valence-corrected chi connectivity index (χ1v) is 8.73. The molecule has 0 spiro atoms. The molecule has 140 valence electrons. The lowest BCUT2D eigenvalue weighted by Gasteiger charge is -2.19. The molecule has 1 heterocycles. The molecule has 0 aliphatic rings. The van der Waals surface area contributed by atoms with Gasteiger partial charge in [0.25, 0.3) is 5.91 Å². The number of carbonyl (C=O) groups is 1. The van der Waals surface area contributed by atoms with Gasteiger partial charge in [-0.3, -0.25) is 4.79 Å². The summed E-state index contributed by atoms with van der Waals surface area (Å²) in [5, 5.41) is 3.53. The first-order chi connectivity index (χ1) is 13.1. The van der Waals surface area contributed by atoms with Crippen LogP contribution in [0.4, 0.5) is 0 Å². The summed E-state index contributed by atoms with van der Waals surface area (Å²) in [6.45, 7) is -0.128. The van der Waals surface area contributed by atoms with Gasteiger partial charge in [0.05, 0.1) is 7.11 Å². The number of amides is 1. The second-order valence-corrected chi connectivity index (χ2v) is 6.35. The number of methoxy groups -OCH3 is 1. The van der Waals surface area contributed by atoms with E-state index >= 15 is 0 Å². The average Bonchev–Trinajstić information content (AvgIpc) is 3.10. The molecule has 0 fully saturated rings. The first kappa shape index (κ1) is 18.8. The van der Waals surface area contributed by atoms with Crippen LogP contribution in [0.1, 0.15) is 17.4 Å². The van der Waals surface area contributed by atoms with Crippen LogP contribution in [0.15, 0.2) is 60.9 Å². The Morgan fingerprint density at radius 2 is 2.00 bits per heavy atom. The second kappa shape index (κ2) is 8.60. The van der Waals surface area contributed by atoms with Gasteiger partial charge in [-0.1, -0.05) is 29.8 Å². The molecular weight excluding hydrogens is 366 g/mol. The topological polar surface area (TPSA) is 65.4 Å². The predicted molar refractivity (Wildman–Crippen MR) is 103 cm³/mol. The molecule has 1 N–H and O–H groups in total. The van der Waals surface area contributed by atoms with Crippen LogP contribution in [0.5, 0.6) is 11.5 Å². The lowest BCUT2D eigenvalue weighted by atomic mass is 10.1. The van der Waals surface area contributed by atoms with E-state index in [0.717, 1.165) is 17.1 Å². The third-order valence-electron chi connectivity index (χ3n) is 4.04. The normalized spacial score (nSPS) is 11.7. The monoisotopic (exact) mass is 385 g/mol. The number of hydrogen-bond donors (Lipinski definition) is 1. The van der Waals surface area contributed by atoms with Crippen molar-refractivity contribution in [2.75, 3.05) is 13.7 Å². The molecule has 0 bridgehead atoms. The van der Waals surface area contributed by atoms with Gasteiger partial charge in [0.15, 0.2) is 6.61 Å².